The quantitative estimate of drug-likeness (QED) is 0.498. The van der Waals surface area contributed by atoms with Crippen LogP contribution in [0.3, 0.4) is 0 Å². The Kier molecular flexibility index (Phi) is 5.87. The number of rotatable bonds is 8. The van der Waals surface area contributed by atoms with E-state index in [1.165, 1.54) is 41.9 Å². The van der Waals surface area contributed by atoms with Crippen LogP contribution in [0.25, 0.3) is 0 Å². The number of carbonyl (C=O) groups is 1. The first-order valence-corrected chi connectivity index (χ1v) is 11.3. The van der Waals surface area contributed by atoms with Gasteiger partial charge in [-0.15, -0.1) is 11.3 Å². The lowest BCUT2D eigenvalue weighted by Crippen LogP contribution is -2.41. The molecule has 0 saturated heterocycles. The summed E-state index contributed by atoms with van der Waals surface area (Å²) < 4.78 is 33.0. The van der Waals surface area contributed by atoms with Gasteiger partial charge in [0.25, 0.3) is 5.91 Å². The fourth-order valence-electron chi connectivity index (χ4n) is 2.67. The molecule has 28 heavy (non-hydrogen) atoms. The summed E-state index contributed by atoms with van der Waals surface area (Å²) in [7, 11) is -2.66. The Morgan fingerprint density at radius 3 is 2.64 bits per heavy atom. The molecule has 0 fully saturated rings. The van der Waals surface area contributed by atoms with Crippen molar-refractivity contribution in [1.29, 1.82) is 0 Å². The number of carbonyl (C=O) groups excluding carboxylic acids is 1. The number of primary amides is 1. The van der Waals surface area contributed by atoms with Crippen molar-refractivity contribution in [2.45, 2.75) is 10.5 Å². The van der Waals surface area contributed by atoms with Crippen LogP contribution in [-0.4, -0.2) is 33.1 Å². The van der Waals surface area contributed by atoms with Crippen molar-refractivity contribution >= 4 is 38.6 Å². The van der Waals surface area contributed by atoms with E-state index in [1.807, 2.05) is 10.8 Å². The Balaban J connectivity index is 1.92. The van der Waals surface area contributed by atoms with Crippen molar-refractivity contribution in [2.75, 3.05) is 13.7 Å². The average Bonchev–Trinajstić information content (AvgIpc) is 3.39. The highest BCUT2D eigenvalue weighted by molar-refractivity contribution is 7.89. The zero-order valence-corrected chi connectivity index (χ0v) is 17.2. The molecule has 1 amide bonds. The fraction of sp³-hybridized carbons (Fsp3) is 0.167. The number of amides is 1. The molecule has 2 aromatic heterocycles. The topological polar surface area (TPSA) is 119 Å². The monoisotopic (exact) mass is 438 g/mol. The third-order valence-electron chi connectivity index (χ3n) is 4.19. The van der Waals surface area contributed by atoms with Crippen LogP contribution in [0.4, 0.5) is 0 Å². The minimum absolute atomic E-state index is 0.0447. The Labute approximate surface area is 170 Å². The number of hydrogen-bond acceptors (Lipinski definition) is 7. The van der Waals surface area contributed by atoms with E-state index in [4.69, 9.17) is 10.5 Å². The van der Waals surface area contributed by atoms with E-state index in [1.54, 1.807) is 23.6 Å². The van der Waals surface area contributed by atoms with Gasteiger partial charge in [0.2, 0.25) is 10.0 Å². The molecule has 0 radical (unpaired) electrons. The van der Waals surface area contributed by atoms with Crippen LogP contribution in [0.2, 0.25) is 0 Å². The molecule has 1 aromatic carbocycles. The summed E-state index contributed by atoms with van der Waals surface area (Å²) in [5.74, 6) is -0.623. The molecule has 0 aliphatic heterocycles. The maximum absolute atomic E-state index is 12.8. The first kappa shape index (κ1) is 20.5. The number of benzene rings is 1. The molecular weight excluding hydrogens is 420 g/mol. The van der Waals surface area contributed by atoms with E-state index in [2.05, 4.69) is 4.72 Å². The lowest BCUT2D eigenvalue weighted by atomic mass is 9.95. The summed E-state index contributed by atoms with van der Waals surface area (Å²) in [5.41, 5.74) is 4.34. The van der Waals surface area contributed by atoms with Crippen molar-refractivity contribution in [1.82, 2.24) is 4.72 Å². The van der Waals surface area contributed by atoms with E-state index in [0.29, 0.717) is 10.4 Å². The summed E-state index contributed by atoms with van der Waals surface area (Å²) in [5, 5.41) is 16.7. The molecule has 0 spiro atoms. The van der Waals surface area contributed by atoms with E-state index >= 15 is 0 Å². The van der Waals surface area contributed by atoms with Gasteiger partial charge in [0, 0.05) is 17.0 Å². The van der Waals surface area contributed by atoms with Gasteiger partial charge in [0.1, 0.15) is 11.4 Å². The van der Waals surface area contributed by atoms with Crippen molar-refractivity contribution in [3.63, 3.8) is 0 Å². The molecule has 148 valence electrons. The first-order chi connectivity index (χ1) is 13.3. The second kappa shape index (κ2) is 8.02. The van der Waals surface area contributed by atoms with Crippen LogP contribution in [-0.2, 0) is 15.6 Å². The predicted molar refractivity (Wildman–Crippen MR) is 108 cm³/mol. The predicted octanol–water partition coefficient (Wildman–Crippen LogP) is 2.13. The van der Waals surface area contributed by atoms with Crippen LogP contribution < -0.4 is 15.2 Å². The fourth-order valence-corrected chi connectivity index (χ4v) is 5.33. The number of sulfonamides is 1. The second-order valence-electron chi connectivity index (χ2n) is 5.90. The Morgan fingerprint density at radius 1 is 1.29 bits per heavy atom. The highest BCUT2D eigenvalue weighted by Crippen LogP contribution is 2.34. The number of hydrogen-bond donors (Lipinski definition) is 3. The molecule has 7 nitrogen and oxygen atoms in total. The van der Waals surface area contributed by atoms with E-state index in [-0.39, 0.29) is 22.8 Å². The van der Waals surface area contributed by atoms with Crippen molar-refractivity contribution in [2.24, 2.45) is 5.73 Å². The van der Waals surface area contributed by atoms with Gasteiger partial charge < -0.3 is 15.6 Å². The maximum atomic E-state index is 12.8. The standard InChI is InChI=1S/C18H18N2O5S3/c1-25-15-5-4-13(9-14(15)17(19)21)28(23,24)20-11-18(22,12-6-8-26-10-12)16-3-2-7-27-16/h2-10,20,22H,11H2,1H3,(H2,19,21). The van der Waals surface area contributed by atoms with Crippen molar-refractivity contribution in [3.8, 4) is 5.75 Å². The largest absolute Gasteiger partial charge is 0.496 e. The lowest BCUT2D eigenvalue weighted by Gasteiger charge is -2.27. The second-order valence-corrected chi connectivity index (χ2v) is 9.40. The zero-order valence-electron chi connectivity index (χ0n) is 14.8. The van der Waals surface area contributed by atoms with Gasteiger partial charge in [0.05, 0.1) is 17.6 Å². The van der Waals surface area contributed by atoms with Crippen LogP contribution in [0, 0.1) is 0 Å². The van der Waals surface area contributed by atoms with E-state index in [9.17, 15) is 18.3 Å². The molecule has 3 rings (SSSR count). The molecule has 10 heteroatoms. The van der Waals surface area contributed by atoms with Gasteiger partial charge in [-0.3, -0.25) is 4.79 Å². The summed E-state index contributed by atoms with van der Waals surface area (Å²) in [6.45, 7) is -0.273. The molecule has 0 saturated carbocycles. The average molecular weight is 439 g/mol. The third-order valence-corrected chi connectivity index (χ3v) is 7.30. The SMILES string of the molecule is COc1ccc(S(=O)(=O)NCC(O)(c2ccsc2)c2cccs2)cc1C(N)=O. The minimum atomic E-state index is -4.02. The Morgan fingerprint density at radius 2 is 2.07 bits per heavy atom. The van der Waals surface area contributed by atoms with Crippen LogP contribution in [0.1, 0.15) is 20.8 Å². The van der Waals surface area contributed by atoms with Gasteiger partial charge >= 0.3 is 0 Å². The summed E-state index contributed by atoms with van der Waals surface area (Å²) >= 11 is 2.73. The Hall–Kier alpha value is -2.24. The third kappa shape index (κ3) is 3.96. The van der Waals surface area contributed by atoms with Gasteiger partial charge in [-0.05, 0) is 46.5 Å². The summed E-state index contributed by atoms with van der Waals surface area (Å²) in [4.78, 5) is 12.0. The van der Waals surface area contributed by atoms with Crippen LogP contribution in [0.15, 0.2) is 57.4 Å². The number of nitrogens with one attached hydrogen (secondary N) is 1. The number of nitrogens with two attached hydrogens (primary N) is 1. The molecule has 4 N–H and O–H groups in total. The maximum Gasteiger partial charge on any atom is 0.252 e. The van der Waals surface area contributed by atoms with Gasteiger partial charge in [0.15, 0.2) is 0 Å². The van der Waals surface area contributed by atoms with Crippen LogP contribution in [0.5, 0.6) is 5.75 Å². The molecule has 3 aromatic rings. The zero-order chi connectivity index (χ0) is 20.4. The number of ether oxygens (including phenoxy) is 1. The van der Waals surface area contributed by atoms with E-state index < -0.39 is 21.5 Å². The Bertz CT molecular complexity index is 1030. The van der Waals surface area contributed by atoms with Gasteiger partial charge in [-0.25, -0.2) is 13.1 Å². The molecule has 0 aliphatic carbocycles. The number of methoxy groups -OCH3 is 1. The number of thiophene rings is 2. The van der Waals surface area contributed by atoms with E-state index in [0.717, 1.165) is 6.07 Å². The molecule has 2 heterocycles. The normalized spacial score (nSPS) is 13.8. The number of aliphatic hydroxyl groups is 1. The molecule has 1 atom stereocenters. The molecular formula is C18H18N2O5S3. The summed E-state index contributed by atoms with van der Waals surface area (Å²) in [6.07, 6.45) is 0. The molecule has 1 unspecified atom stereocenters. The summed E-state index contributed by atoms with van der Waals surface area (Å²) in [6, 6.07) is 9.10. The highest BCUT2D eigenvalue weighted by Gasteiger charge is 2.35. The van der Waals surface area contributed by atoms with Crippen LogP contribution >= 0.6 is 22.7 Å². The van der Waals surface area contributed by atoms with Gasteiger partial charge in [-0.2, -0.15) is 11.3 Å². The van der Waals surface area contributed by atoms with Gasteiger partial charge in [-0.1, -0.05) is 6.07 Å². The minimum Gasteiger partial charge on any atom is -0.496 e. The van der Waals surface area contributed by atoms with Crippen molar-refractivity contribution < 1.29 is 23.1 Å². The molecule has 0 aliphatic rings. The first-order valence-electron chi connectivity index (χ1n) is 8.04. The molecule has 0 bridgehead atoms. The lowest BCUT2D eigenvalue weighted by molar-refractivity contribution is 0.0903. The smallest absolute Gasteiger partial charge is 0.252 e. The highest BCUT2D eigenvalue weighted by atomic mass is 32.2. The van der Waals surface area contributed by atoms with Crippen molar-refractivity contribution in [3.05, 3.63) is 68.5 Å².